The van der Waals surface area contributed by atoms with Crippen molar-refractivity contribution in [3.05, 3.63) is 18.2 Å². The molecule has 0 unspecified atom stereocenters. The van der Waals surface area contributed by atoms with Gasteiger partial charge in [0.2, 0.25) is 5.95 Å². The summed E-state index contributed by atoms with van der Waals surface area (Å²) in [6.07, 6.45) is 3.79. The van der Waals surface area contributed by atoms with Crippen LogP contribution in [-0.4, -0.2) is 41.2 Å². The van der Waals surface area contributed by atoms with E-state index in [-0.39, 0.29) is 0 Å². The highest BCUT2D eigenvalue weighted by atomic mass is 16.5. The minimum atomic E-state index is 0.592. The number of hydrogen-bond donors (Lipinski definition) is 1. The number of benzene rings is 1. The molecule has 2 N–H and O–H groups in total. The van der Waals surface area contributed by atoms with Gasteiger partial charge in [-0.3, -0.25) is 0 Å². The van der Waals surface area contributed by atoms with Crippen LogP contribution in [0.5, 0.6) is 5.75 Å². The van der Waals surface area contributed by atoms with Gasteiger partial charge in [-0.15, -0.1) is 0 Å². The van der Waals surface area contributed by atoms with Crippen molar-refractivity contribution in [2.75, 3.05) is 32.5 Å². The van der Waals surface area contributed by atoms with E-state index in [1.54, 1.807) is 7.11 Å². The Labute approximate surface area is 119 Å². The van der Waals surface area contributed by atoms with Crippen LogP contribution in [0.25, 0.3) is 11.0 Å². The molecule has 1 aromatic heterocycles. The van der Waals surface area contributed by atoms with Crippen LogP contribution in [0.4, 0.5) is 5.95 Å². The van der Waals surface area contributed by atoms with E-state index in [9.17, 15) is 0 Å². The van der Waals surface area contributed by atoms with E-state index < -0.39 is 0 Å². The maximum absolute atomic E-state index is 6.04. The number of ether oxygens (including phenoxy) is 1. The number of aryl methyl sites for hydroxylation is 1. The van der Waals surface area contributed by atoms with Gasteiger partial charge in [0.25, 0.3) is 0 Å². The molecule has 3 rings (SSSR count). The fourth-order valence-corrected chi connectivity index (χ4v) is 2.94. The molecule has 1 fully saturated rings. The van der Waals surface area contributed by atoms with Crippen LogP contribution in [0, 0.1) is 0 Å². The van der Waals surface area contributed by atoms with Gasteiger partial charge in [-0.05, 0) is 51.0 Å². The molecule has 108 valence electrons. The third-order valence-electron chi connectivity index (χ3n) is 4.04. The van der Waals surface area contributed by atoms with Crippen LogP contribution < -0.4 is 10.5 Å². The Morgan fingerprint density at radius 1 is 1.25 bits per heavy atom. The molecule has 2 aromatic rings. The van der Waals surface area contributed by atoms with Gasteiger partial charge in [0.15, 0.2) is 0 Å². The quantitative estimate of drug-likeness (QED) is 0.907. The van der Waals surface area contributed by atoms with Crippen molar-refractivity contribution in [3.8, 4) is 5.75 Å². The van der Waals surface area contributed by atoms with Crippen molar-refractivity contribution in [1.82, 2.24) is 14.5 Å². The number of methoxy groups -OCH3 is 1. The first kappa shape index (κ1) is 13.2. The third kappa shape index (κ3) is 2.58. The molecule has 0 amide bonds. The Balaban J connectivity index is 1.73. The monoisotopic (exact) mass is 274 g/mol. The Morgan fingerprint density at radius 3 is 2.80 bits per heavy atom. The number of nitrogen functional groups attached to an aromatic ring is 1. The van der Waals surface area contributed by atoms with Gasteiger partial charge in [0.1, 0.15) is 5.75 Å². The fourth-order valence-electron chi connectivity index (χ4n) is 2.94. The Hall–Kier alpha value is -1.75. The van der Waals surface area contributed by atoms with E-state index in [2.05, 4.69) is 14.5 Å². The van der Waals surface area contributed by atoms with E-state index in [4.69, 9.17) is 10.5 Å². The summed E-state index contributed by atoms with van der Waals surface area (Å²) in [5.41, 5.74) is 8.03. The van der Waals surface area contributed by atoms with Crippen LogP contribution >= 0.6 is 0 Å². The number of imidazole rings is 1. The van der Waals surface area contributed by atoms with Gasteiger partial charge in [-0.2, -0.15) is 0 Å². The van der Waals surface area contributed by atoms with E-state index in [0.29, 0.717) is 5.95 Å². The number of anilines is 1. The van der Waals surface area contributed by atoms with Crippen LogP contribution in [0.1, 0.15) is 19.3 Å². The molecule has 2 heterocycles. The van der Waals surface area contributed by atoms with Crippen LogP contribution in [-0.2, 0) is 6.54 Å². The first-order valence-corrected chi connectivity index (χ1v) is 7.30. The maximum Gasteiger partial charge on any atom is 0.201 e. The zero-order chi connectivity index (χ0) is 13.9. The zero-order valence-electron chi connectivity index (χ0n) is 12.0. The highest BCUT2D eigenvalue weighted by Crippen LogP contribution is 2.23. The van der Waals surface area contributed by atoms with Gasteiger partial charge in [0.05, 0.1) is 18.1 Å². The molecule has 0 radical (unpaired) electrons. The molecule has 1 aromatic carbocycles. The predicted molar refractivity (Wildman–Crippen MR) is 81.0 cm³/mol. The molecular weight excluding hydrogens is 252 g/mol. The summed E-state index contributed by atoms with van der Waals surface area (Å²) in [5.74, 6) is 1.44. The number of aromatic nitrogens is 2. The Bertz CT molecular complexity index is 587. The molecule has 0 saturated carbocycles. The average molecular weight is 274 g/mol. The lowest BCUT2D eigenvalue weighted by molar-refractivity contribution is 0.326. The SMILES string of the molecule is COc1ccc2nc(N)n(CCCN3CCCC3)c2c1. The van der Waals surface area contributed by atoms with Crippen molar-refractivity contribution < 1.29 is 4.74 Å². The molecule has 1 saturated heterocycles. The van der Waals surface area contributed by atoms with Gasteiger partial charge >= 0.3 is 0 Å². The van der Waals surface area contributed by atoms with E-state index in [0.717, 1.165) is 36.3 Å². The summed E-state index contributed by atoms with van der Waals surface area (Å²) < 4.78 is 7.37. The van der Waals surface area contributed by atoms with Gasteiger partial charge in [-0.25, -0.2) is 4.98 Å². The summed E-state index contributed by atoms with van der Waals surface area (Å²) >= 11 is 0. The van der Waals surface area contributed by atoms with Crippen molar-refractivity contribution in [1.29, 1.82) is 0 Å². The smallest absolute Gasteiger partial charge is 0.201 e. The minimum absolute atomic E-state index is 0.592. The van der Waals surface area contributed by atoms with Gasteiger partial charge in [-0.1, -0.05) is 0 Å². The van der Waals surface area contributed by atoms with Crippen LogP contribution in [0.2, 0.25) is 0 Å². The largest absolute Gasteiger partial charge is 0.497 e. The minimum Gasteiger partial charge on any atom is -0.497 e. The average Bonchev–Trinajstić information content (AvgIpc) is 3.07. The molecule has 5 nitrogen and oxygen atoms in total. The molecule has 0 atom stereocenters. The predicted octanol–water partition coefficient (Wildman–Crippen LogP) is 2.11. The summed E-state index contributed by atoms with van der Waals surface area (Å²) in [6.45, 7) is 4.54. The van der Waals surface area contributed by atoms with Crippen molar-refractivity contribution >= 4 is 17.0 Å². The summed E-state index contributed by atoms with van der Waals surface area (Å²) in [5, 5.41) is 0. The topological polar surface area (TPSA) is 56.3 Å². The molecule has 5 heteroatoms. The Morgan fingerprint density at radius 2 is 2.05 bits per heavy atom. The first-order valence-electron chi connectivity index (χ1n) is 7.30. The normalized spacial score (nSPS) is 16.1. The number of nitrogens with two attached hydrogens (primary N) is 1. The molecule has 0 spiro atoms. The van der Waals surface area contributed by atoms with Crippen LogP contribution in [0.15, 0.2) is 18.2 Å². The van der Waals surface area contributed by atoms with Crippen LogP contribution in [0.3, 0.4) is 0 Å². The number of likely N-dealkylation sites (tertiary alicyclic amines) is 1. The number of hydrogen-bond acceptors (Lipinski definition) is 4. The second kappa shape index (κ2) is 5.71. The number of nitrogens with zero attached hydrogens (tertiary/aromatic N) is 3. The lowest BCUT2D eigenvalue weighted by Crippen LogP contribution is -2.21. The highest BCUT2D eigenvalue weighted by molar-refractivity contribution is 5.79. The fraction of sp³-hybridized carbons (Fsp3) is 0.533. The number of rotatable bonds is 5. The Kier molecular flexibility index (Phi) is 3.78. The van der Waals surface area contributed by atoms with Gasteiger partial charge < -0.3 is 19.9 Å². The molecule has 20 heavy (non-hydrogen) atoms. The van der Waals surface area contributed by atoms with Crippen molar-refractivity contribution in [2.45, 2.75) is 25.8 Å². The van der Waals surface area contributed by atoms with Gasteiger partial charge in [0, 0.05) is 12.6 Å². The first-order chi connectivity index (χ1) is 9.78. The third-order valence-corrected chi connectivity index (χ3v) is 4.04. The molecular formula is C15H22N4O. The van der Waals surface area contributed by atoms with E-state index in [1.165, 1.54) is 25.9 Å². The van der Waals surface area contributed by atoms with Crippen molar-refractivity contribution in [2.24, 2.45) is 0 Å². The molecule has 0 bridgehead atoms. The molecule has 0 aliphatic carbocycles. The van der Waals surface area contributed by atoms with Crippen molar-refractivity contribution in [3.63, 3.8) is 0 Å². The molecule has 1 aliphatic heterocycles. The summed E-state index contributed by atoms with van der Waals surface area (Å²) in [4.78, 5) is 6.93. The summed E-state index contributed by atoms with van der Waals surface area (Å²) in [7, 11) is 1.68. The number of fused-ring (bicyclic) bond motifs is 1. The lowest BCUT2D eigenvalue weighted by atomic mass is 10.3. The maximum atomic E-state index is 6.04. The standard InChI is InChI=1S/C15H22N4O/c1-20-12-5-6-13-14(11-12)19(15(16)17-13)10-4-9-18-7-2-3-8-18/h5-6,11H,2-4,7-10H2,1H3,(H2,16,17). The molecule has 1 aliphatic rings. The lowest BCUT2D eigenvalue weighted by Gasteiger charge is -2.15. The zero-order valence-corrected chi connectivity index (χ0v) is 12.0. The second-order valence-corrected chi connectivity index (χ2v) is 5.38. The highest BCUT2D eigenvalue weighted by Gasteiger charge is 2.12. The summed E-state index contributed by atoms with van der Waals surface area (Å²) in [6, 6.07) is 5.89. The van der Waals surface area contributed by atoms with E-state index in [1.807, 2.05) is 18.2 Å². The van der Waals surface area contributed by atoms with E-state index >= 15 is 0 Å². The second-order valence-electron chi connectivity index (χ2n) is 5.38.